The van der Waals surface area contributed by atoms with E-state index in [1.807, 2.05) is 13.0 Å². The molecule has 12 heteroatoms. The van der Waals surface area contributed by atoms with E-state index in [0.717, 1.165) is 22.1 Å². The van der Waals surface area contributed by atoms with Crippen molar-refractivity contribution in [1.29, 1.82) is 0 Å². The standard InChI is InChI=1S/C26H28F3N7O2/c1-15-9-20(28)21(32-25(37)19-12-30-36(23(19)29)26(3,4)14-27)11-18(15)17-10-22(34-5-7-38-8-6-34)24-31-16(2)33-35(24)13-17/h9-13H,5-8,14H2,1-4H3,(H,32,37). The molecule has 38 heavy (non-hydrogen) atoms. The number of nitrogens with one attached hydrogen (secondary N) is 1. The molecule has 4 aromatic rings. The molecule has 1 fully saturated rings. The highest BCUT2D eigenvalue weighted by molar-refractivity contribution is 6.04. The lowest BCUT2D eigenvalue weighted by molar-refractivity contribution is 0.102. The number of halogens is 3. The second-order valence-electron chi connectivity index (χ2n) is 9.95. The molecule has 3 aromatic heterocycles. The predicted molar refractivity (Wildman–Crippen MR) is 136 cm³/mol. The Morgan fingerprint density at radius 1 is 1.16 bits per heavy atom. The molecule has 0 unspecified atom stereocenters. The number of pyridine rings is 1. The van der Waals surface area contributed by atoms with Gasteiger partial charge in [0.1, 0.15) is 23.9 Å². The second-order valence-corrected chi connectivity index (χ2v) is 9.95. The van der Waals surface area contributed by atoms with Crippen LogP contribution < -0.4 is 10.2 Å². The summed E-state index contributed by atoms with van der Waals surface area (Å²) < 4.78 is 51.2. The third-order valence-corrected chi connectivity index (χ3v) is 6.60. The summed E-state index contributed by atoms with van der Waals surface area (Å²) in [6.45, 7) is 8.14. The molecule has 1 aromatic carbocycles. The van der Waals surface area contributed by atoms with Crippen LogP contribution in [0, 0.1) is 25.6 Å². The van der Waals surface area contributed by atoms with Gasteiger partial charge in [0.2, 0.25) is 5.95 Å². The molecule has 9 nitrogen and oxygen atoms in total. The molecule has 1 N–H and O–H groups in total. The van der Waals surface area contributed by atoms with Gasteiger partial charge in [0.15, 0.2) is 5.65 Å². The van der Waals surface area contributed by atoms with Crippen molar-refractivity contribution < 1.29 is 22.7 Å². The first kappa shape index (κ1) is 25.7. The van der Waals surface area contributed by atoms with Crippen molar-refractivity contribution >= 4 is 22.9 Å². The summed E-state index contributed by atoms with van der Waals surface area (Å²) in [6.07, 6.45) is 2.80. The van der Waals surface area contributed by atoms with Crippen molar-refractivity contribution in [3.05, 3.63) is 59.3 Å². The maximum absolute atomic E-state index is 15.0. The van der Waals surface area contributed by atoms with E-state index >= 15 is 0 Å². The summed E-state index contributed by atoms with van der Waals surface area (Å²) in [5.74, 6) is -1.96. The van der Waals surface area contributed by atoms with Crippen LogP contribution in [0.1, 0.15) is 35.6 Å². The molecular weight excluding hydrogens is 499 g/mol. The van der Waals surface area contributed by atoms with Crippen molar-refractivity contribution in [2.24, 2.45) is 0 Å². The van der Waals surface area contributed by atoms with E-state index in [0.29, 0.717) is 48.9 Å². The quantitative estimate of drug-likeness (QED) is 0.403. The first-order chi connectivity index (χ1) is 18.1. The Morgan fingerprint density at radius 3 is 2.61 bits per heavy atom. The molecule has 5 rings (SSSR count). The minimum absolute atomic E-state index is 0.129. The number of anilines is 2. The number of amides is 1. The summed E-state index contributed by atoms with van der Waals surface area (Å²) >= 11 is 0. The van der Waals surface area contributed by atoms with Crippen LogP contribution in [0.4, 0.5) is 24.5 Å². The Kier molecular flexibility index (Phi) is 6.59. The summed E-state index contributed by atoms with van der Waals surface area (Å²) in [5, 5.41) is 10.7. The molecule has 0 saturated carbocycles. The van der Waals surface area contributed by atoms with Gasteiger partial charge in [0.25, 0.3) is 5.91 Å². The topological polar surface area (TPSA) is 89.6 Å². The number of morpholine rings is 1. The smallest absolute Gasteiger partial charge is 0.262 e. The average molecular weight is 528 g/mol. The van der Waals surface area contributed by atoms with Crippen LogP contribution in [0.15, 0.2) is 30.6 Å². The highest BCUT2D eigenvalue weighted by Crippen LogP contribution is 2.33. The van der Waals surface area contributed by atoms with Gasteiger partial charge in [-0.05, 0) is 57.0 Å². The molecule has 4 heterocycles. The molecule has 1 aliphatic rings. The molecular formula is C26H28F3N7O2. The predicted octanol–water partition coefficient (Wildman–Crippen LogP) is 4.28. The highest BCUT2D eigenvalue weighted by atomic mass is 19.1. The highest BCUT2D eigenvalue weighted by Gasteiger charge is 2.29. The van der Waals surface area contributed by atoms with E-state index in [1.54, 1.807) is 17.6 Å². The lowest BCUT2D eigenvalue weighted by Crippen LogP contribution is -2.36. The van der Waals surface area contributed by atoms with Gasteiger partial charge in [-0.2, -0.15) is 14.6 Å². The second kappa shape index (κ2) is 9.75. The third kappa shape index (κ3) is 4.60. The number of hydrogen-bond donors (Lipinski definition) is 1. The van der Waals surface area contributed by atoms with Gasteiger partial charge in [0, 0.05) is 24.8 Å². The zero-order valence-electron chi connectivity index (χ0n) is 21.6. The number of carbonyl (C=O) groups is 1. The van der Waals surface area contributed by atoms with Crippen LogP contribution in [-0.4, -0.2) is 63.3 Å². The lowest BCUT2D eigenvalue weighted by Gasteiger charge is -2.29. The van der Waals surface area contributed by atoms with Gasteiger partial charge < -0.3 is 15.0 Å². The maximum atomic E-state index is 15.0. The molecule has 0 spiro atoms. The molecule has 0 radical (unpaired) electrons. The fourth-order valence-corrected chi connectivity index (χ4v) is 4.49. The fraction of sp³-hybridized carbons (Fsp3) is 0.385. The number of fused-ring (bicyclic) bond motifs is 1. The Morgan fingerprint density at radius 2 is 1.89 bits per heavy atom. The van der Waals surface area contributed by atoms with E-state index < -0.39 is 35.4 Å². The van der Waals surface area contributed by atoms with E-state index in [2.05, 4.69) is 25.4 Å². The van der Waals surface area contributed by atoms with Crippen LogP contribution in [0.3, 0.4) is 0 Å². The van der Waals surface area contributed by atoms with Gasteiger partial charge in [-0.3, -0.25) is 4.79 Å². The fourth-order valence-electron chi connectivity index (χ4n) is 4.49. The normalized spacial score (nSPS) is 14.3. The zero-order chi connectivity index (χ0) is 27.2. The molecule has 1 amide bonds. The Hall–Kier alpha value is -3.93. The Balaban J connectivity index is 1.53. The summed E-state index contributed by atoms with van der Waals surface area (Å²) in [7, 11) is 0. The monoisotopic (exact) mass is 527 g/mol. The van der Waals surface area contributed by atoms with Gasteiger partial charge in [0.05, 0.1) is 36.3 Å². The average Bonchev–Trinajstić information content (AvgIpc) is 3.47. The SMILES string of the molecule is Cc1nc2c(N3CCOCC3)cc(-c3cc(NC(=O)c4cnn(C(C)(C)CF)c4F)c(F)cc3C)cn2n1. The maximum Gasteiger partial charge on any atom is 0.262 e. The molecule has 0 aliphatic carbocycles. The minimum atomic E-state index is -1.28. The van der Waals surface area contributed by atoms with E-state index in [4.69, 9.17) is 4.74 Å². The molecule has 0 atom stereocenters. The molecule has 1 aliphatic heterocycles. The number of aromatic nitrogens is 5. The molecule has 1 saturated heterocycles. The van der Waals surface area contributed by atoms with E-state index in [9.17, 15) is 18.0 Å². The first-order valence-electron chi connectivity index (χ1n) is 12.2. The van der Waals surface area contributed by atoms with E-state index in [1.165, 1.54) is 26.0 Å². The van der Waals surface area contributed by atoms with Gasteiger partial charge in [-0.1, -0.05) is 0 Å². The number of nitrogens with zero attached hydrogens (tertiary/aromatic N) is 6. The van der Waals surface area contributed by atoms with Gasteiger partial charge in [-0.25, -0.2) is 23.0 Å². The zero-order valence-corrected chi connectivity index (χ0v) is 21.6. The number of aryl methyl sites for hydroxylation is 2. The van der Waals surface area contributed by atoms with Crippen LogP contribution >= 0.6 is 0 Å². The van der Waals surface area contributed by atoms with Crippen molar-refractivity contribution in [3.8, 4) is 11.1 Å². The number of hydrogen-bond acceptors (Lipinski definition) is 6. The molecule has 0 bridgehead atoms. The Labute approximate surface area is 217 Å². The van der Waals surface area contributed by atoms with Gasteiger partial charge >= 0.3 is 0 Å². The largest absolute Gasteiger partial charge is 0.378 e. The van der Waals surface area contributed by atoms with E-state index in [-0.39, 0.29) is 5.69 Å². The Bertz CT molecular complexity index is 1520. The van der Waals surface area contributed by atoms with Crippen LogP contribution in [-0.2, 0) is 10.3 Å². The van der Waals surface area contributed by atoms with Crippen LogP contribution in [0.5, 0.6) is 0 Å². The van der Waals surface area contributed by atoms with Crippen molar-refractivity contribution in [1.82, 2.24) is 24.4 Å². The number of rotatable bonds is 6. The summed E-state index contributed by atoms with van der Waals surface area (Å²) in [4.78, 5) is 19.6. The number of alkyl halides is 1. The third-order valence-electron chi connectivity index (χ3n) is 6.60. The molecule has 200 valence electrons. The van der Waals surface area contributed by atoms with Crippen molar-refractivity contribution in [3.63, 3.8) is 0 Å². The summed E-state index contributed by atoms with van der Waals surface area (Å²) in [5.41, 5.74) is 1.77. The number of ether oxygens (including phenoxy) is 1. The van der Waals surface area contributed by atoms with Gasteiger partial charge in [-0.15, -0.1) is 0 Å². The summed E-state index contributed by atoms with van der Waals surface area (Å²) in [6, 6.07) is 4.77. The number of benzene rings is 1. The van der Waals surface area contributed by atoms with Crippen molar-refractivity contribution in [2.75, 3.05) is 43.2 Å². The minimum Gasteiger partial charge on any atom is -0.378 e. The first-order valence-corrected chi connectivity index (χ1v) is 12.2. The lowest BCUT2D eigenvalue weighted by atomic mass is 10.00. The number of carbonyl (C=O) groups excluding carboxylic acids is 1. The van der Waals surface area contributed by atoms with Crippen LogP contribution in [0.2, 0.25) is 0 Å². The van der Waals surface area contributed by atoms with Crippen molar-refractivity contribution in [2.45, 2.75) is 33.2 Å². The van der Waals surface area contributed by atoms with Crippen LogP contribution in [0.25, 0.3) is 16.8 Å².